The third kappa shape index (κ3) is 5.53. The van der Waals surface area contributed by atoms with Crippen LogP contribution in [0.1, 0.15) is 30.9 Å². The Morgan fingerprint density at radius 1 is 1.09 bits per heavy atom. The number of carbonyl (C=O) groups is 1. The number of hydrogen-bond acceptors (Lipinski definition) is 5. The Balaban J connectivity index is 1.48. The summed E-state index contributed by atoms with van der Waals surface area (Å²) in [6.45, 7) is 2.58. The lowest BCUT2D eigenvalue weighted by molar-refractivity contribution is -0.118. The first kappa shape index (κ1) is 22.4. The van der Waals surface area contributed by atoms with Gasteiger partial charge in [0, 0.05) is 23.7 Å². The van der Waals surface area contributed by atoms with E-state index in [1.807, 2.05) is 18.2 Å². The van der Waals surface area contributed by atoms with Crippen LogP contribution in [0.25, 0.3) is 10.2 Å². The number of carbonyl (C=O) groups excluding carboxylic acids is 1. The van der Waals surface area contributed by atoms with Crippen molar-refractivity contribution in [1.29, 1.82) is 0 Å². The van der Waals surface area contributed by atoms with Gasteiger partial charge < -0.3 is 0 Å². The standard InChI is InChI=1S/C25H24FN3OS2/c1-2-19-5-3-6-22-24(19)28-25(32-22)29(17-18-12-14-27-15-13-18)23(30)7-4-16-31-21-10-8-20(26)9-11-21/h3,5-6,8-15H,2,4,7,16-17H2,1H3. The van der Waals surface area contributed by atoms with E-state index in [1.165, 1.54) is 17.7 Å². The van der Waals surface area contributed by atoms with Crippen molar-refractivity contribution in [2.24, 2.45) is 0 Å². The van der Waals surface area contributed by atoms with Gasteiger partial charge in [0.05, 0.1) is 16.8 Å². The number of benzene rings is 2. The number of anilines is 1. The SMILES string of the molecule is CCc1cccc2sc(N(Cc3ccncc3)C(=O)CCCSc3ccc(F)cc3)nc12. The van der Waals surface area contributed by atoms with E-state index in [4.69, 9.17) is 4.98 Å². The normalized spacial score (nSPS) is 11.1. The maximum Gasteiger partial charge on any atom is 0.229 e. The summed E-state index contributed by atoms with van der Waals surface area (Å²) in [5.41, 5.74) is 3.19. The van der Waals surface area contributed by atoms with Gasteiger partial charge in [-0.2, -0.15) is 0 Å². The lowest BCUT2D eigenvalue weighted by atomic mass is 10.1. The molecule has 1 amide bonds. The topological polar surface area (TPSA) is 46.1 Å². The summed E-state index contributed by atoms with van der Waals surface area (Å²) in [4.78, 5) is 25.0. The highest BCUT2D eigenvalue weighted by molar-refractivity contribution is 7.99. The molecule has 0 radical (unpaired) electrons. The Hall–Kier alpha value is -2.77. The molecule has 0 N–H and O–H groups in total. The molecule has 0 bridgehead atoms. The third-order valence-electron chi connectivity index (χ3n) is 5.11. The van der Waals surface area contributed by atoms with Crippen LogP contribution in [-0.2, 0) is 17.8 Å². The van der Waals surface area contributed by atoms with Crippen molar-refractivity contribution in [3.63, 3.8) is 0 Å². The van der Waals surface area contributed by atoms with Gasteiger partial charge in [0.1, 0.15) is 5.82 Å². The minimum absolute atomic E-state index is 0.0543. The fraction of sp³-hybridized carbons (Fsp3) is 0.240. The molecule has 4 rings (SSSR count). The van der Waals surface area contributed by atoms with Crippen LogP contribution in [0.15, 0.2) is 71.9 Å². The van der Waals surface area contributed by atoms with Crippen molar-refractivity contribution < 1.29 is 9.18 Å². The number of fused-ring (bicyclic) bond motifs is 1. The van der Waals surface area contributed by atoms with Gasteiger partial charge in [-0.1, -0.05) is 30.4 Å². The van der Waals surface area contributed by atoms with Crippen LogP contribution in [0, 0.1) is 5.82 Å². The van der Waals surface area contributed by atoms with Gasteiger partial charge >= 0.3 is 0 Å². The van der Waals surface area contributed by atoms with Gasteiger partial charge in [-0.05, 0) is 72.2 Å². The minimum Gasteiger partial charge on any atom is -0.284 e. The maximum atomic E-state index is 13.3. The Bertz CT molecular complexity index is 1180. The Labute approximate surface area is 195 Å². The first-order valence-electron chi connectivity index (χ1n) is 10.6. The summed E-state index contributed by atoms with van der Waals surface area (Å²) in [5.74, 6) is 0.609. The molecule has 0 saturated carbocycles. The first-order valence-corrected chi connectivity index (χ1v) is 12.4. The van der Waals surface area contributed by atoms with Crippen molar-refractivity contribution in [2.45, 2.75) is 37.6 Å². The van der Waals surface area contributed by atoms with Crippen molar-refractivity contribution in [2.75, 3.05) is 10.7 Å². The monoisotopic (exact) mass is 465 g/mol. The molecule has 0 fully saturated rings. The van der Waals surface area contributed by atoms with Crippen LogP contribution >= 0.6 is 23.1 Å². The number of aryl methyl sites for hydroxylation is 1. The van der Waals surface area contributed by atoms with E-state index in [1.54, 1.807) is 52.5 Å². The van der Waals surface area contributed by atoms with Crippen LogP contribution in [0.3, 0.4) is 0 Å². The zero-order valence-corrected chi connectivity index (χ0v) is 19.5. The summed E-state index contributed by atoms with van der Waals surface area (Å²) in [6.07, 6.45) is 5.55. The van der Waals surface area contributed by atoms with E-state index >= 15 is 0 Å². The number of aromatic nitrogens is 2. The second-order valence-electron chi connectivity index (χ2n) is 7.36. The van der Waals surface area contributed by atoms with Gasteiger partial charge in [-0.3, -0.25) is 14.7 Å². The van der Waals surface area contributed by atoms with Crippen molar-refractivity contribution in [3.8, 4) is 0 Å². The summed E-state index contributed by atoms with van der Waals surface area (Å²) < 4.78 is 14.2. The van der Waals surface area contributed by atoms with E-state index in [-0.39, 0.29) is 11.7 Å². The second kappa shape index (κ2) is 10.7. The predicted octanol–water partition coefficient (Wildman–Crippen LogP) is 6.50. The smallest absolute Gasteiger partial charge is 0.229 e. The number of nitrogens with zero attached hydrogens (tertiary/aromatic N) is 3. The Kier molecular flexibility index (Phi) is 7.50. The number of hydrogen-bond donors (Lipinski definition) is 0. The number of para-hydroxylation sites is 1. The van der Waals surface area contributed by atoms with Crippen LogP contribution in [0.4, 0.5) is 9.52 Å². The average Bonchev–Trinajstić information content (AvgIpc) is 3.26. The molecule has 0 aliphatic rings. The first-order chi connectivity index (χ1) is 15.6. The molecular formula is C25H24FN3OS2. The molecule has 2 aromatic heterocycles. The molecule has 7 heteroatoms. The van der Waals surface area contributed by atoms with E-state index in [0.29, 0.717) is 13.0 Å². The van der Waals surface area contributed by atoms with Crippen LogP contribution in [0.5, 0.6) is 0 Å². The molecule has 4 nitrogen and oxygen atoms in total. The lowest BCUT2D eigenvalue weighted by Gasteiger charge is -2.20. The van der Waals surface area contributed by atoms with E-state index in [2.05, 4.69) is 24.0 Å². The van der Waals surface area contributed by atoms with Gasteiger partial charge in [0.2, 0.25) is 5.91 Å². The fourth-order valence-electron chi connectivity index (χ4n) is 3.41. The second-order valence-corrected chi connectivity index (χ2v) is 9.53. The summed E-state index contributed by atoms with van der Waals surface area (Å²) in [7, 11) is 0. The molecule has 0 atom stereocenters. The number of halogens is 1. The average molecular weight is 466 g/mol. The Morgan fingerprint density at radius 3 is 2.62 bits per heavy atom. The van der Waals surface area contributed by atoms with Crippen molar-refractivity contribution in [1.82, 2.24) is 9.97 Å². The third-order valence-corrected chi connectivity index (χ3v) is 7.25. The van der Waals surface area contributed by atoms with E-state index in [9.17, 15) is 9.18 Å². The highest BCUT2D eigenvalue weighted by Gasteiger charge is 2.20. The molecule has 0 unspecified atom stereocenters. The fourth-order valence-corrected chi connectivity index (χ4v) is 5.29. The maximum absolute atomic E-state index is 13.3. The predicted molar refractivity (Wildman–Crippen MR) is 131 cm³/mol. The molecule has 2 aromatic carbocycles. The molecule has 0 aliphatic heterocycles. The number of thiazole rings is 1. The van der Waals surface area contributed by atoms with Gasteiger partial charge in [0.15, 0.2) is 5.13 Å². The number of rotatable bonds is 9. The molecule has 0 spiro atoms. The minimum atomic E-state index is -0.238. The molecule has 0 aliphatic carbocycles. The zero-order valence-electron chi connectivity index (χ0n) is 17.8. The Morgan fingerprint density at radius 2 is 1.88 bits per heavy atom. The summed E-state index contributed by atoms with van der Waals surface area (Å²) in [6, 6.07) is 16.5. The van der Waals surface area contributed by atoms with Gasteiger partial charge in [0.25, 0.3) is 0 Å². The molecule has 164 valence electrons. The number of amides is 1. The highest BCUT2D eigenvalue weighted by Crippen LogP contribution is 2.32. The van der Waals surface area contributed by atoms with Crippen molar-refractivity contribution in [3.05, 3.63) is 83.9 Å². The van der Waals surface area contributed by atoms with E-state index in [0.717, 1.165) is 44.4 Å². The molecule has 4 aromatic rings. The van der Waals surface area contributed by atoms with Gasteiger partial charge in [-0.15, -0.1) is 11.8 Å². The lowest BCUT2D eigenvalue weighted by Crippen LogP contribution is -2.30. The van der Waals surface area contributed by atoms with E-state index < -0.39 is 0 Å². The van der Waals surface area contributed by atoms with Crippen LogP contribution < -0.4 is 4.90 Å². The summed E-state index contributed by atoms with van der Waals surface area (Å²) in [5, 5.41) is 0.730. The molecular weight excluding hydrogens is 441 g/mol. The van der Waals surface area contributed by atoms with Crippen LogP contribution in [0.2, 0.25) is 0 Å². The zero-order chi connectivity index (χ0) is 22.3. The van der Waals surface area contributed by atoms with Crippen LogP contribution in [-0.4, -0.2) is 21.6 Å². The quantitative estimate of drug-likeness (QED) is 0.209. The molecule has 0 saturated heterocycles. The number of thioether (sulfide) groups is 1. The molecule has 2 heterocycles. The highest BCUT2D eigenvalue weighted by atomic mass is 32.2. The largest absolute Gasteiger partial charge is 0.284 e. The molecule has 32 heavy (non-hydrogen) atoms. The number of pyridine rings is 1. The van der Waals surface area contributed by atoms with Crippen molar-refractivity contribution >= 4 is 44.4 Å². The van der Waals surface area contributed by atoms with Gasteiger partial charge in [-0.25, -0.2) is 9.37 Å². The summed E-state index contributed by atoms with van der Waals surface area (Å²) >= 11 is 3.19.